The highest BCUT2D eigenvalue weighted by atomic mass is 16.5. The number of carbonyl (C=O) groups excluding carboxylic acids is 1. The normalized spacial score (nSPS) is 21.2. The first-order valence-electron chi connectivity index (χ1n) is 9.19. The van der Waals surface area contributed by atoms with Crippen LogP contribution in [0.4, 0.5) is 4.79 Å². The van der Waals surface area contributed by atoms with Crippen LogP contribution in [0.2, 0.25) is 0 Å². The van der Waals surface area contributed by atoms with Gasteiger partial charge in [0, 0.05) is 19.1 Å². The molecule has 1 aromatic carbocycles. The molecule has 1 unspecified atom stereocenters. The molecule has 0 radical (unpaired) electrons. The summed E-state index contributed by atoms with van der Waals surface area (Å²) in [6.45, 7) is 7.38. The number of ether oxygens (including phenoxy) is 1. The highest BCUT2D eigenvalue weighted by Gasteiger charge is 2.30. The second-order valence-electron chi connectivity index (χ2n) is 6.89. The number of benzene rings is 1. The molecule has 2 heterocycles. The molecule has 2 aliphatic heterocycles. The van der Waals surface area contributed by atoms with E-state index in [1.54, 1.807) is 0 Å². The van der Waals surface area contributed by atoms with Gasteiger partial charge in [-0.05, 0) is 63.4 Å². The molecule has 5 nitrogen and oxygen atoms in total. The summed E-state index contributed by atoms with van der Waals surface area (Å²) in [4.78, 5) is 17.0. The van der Waals surface area contributed by atoms with Crippen LogP contribution in [0.3, 0.4) is 0 Å². The predicted molar refractivity (Wildman–Crippen MR) is 95.5 cm³/mol. The van der Waals surface area contributed by atoms with Gasteiger partial charge in [-0.2, -0.15) is 0 Å². The van der Waals surface area contributed by atoms with Crippen LogP contribution in [0.1, 0.15) is 31.2 Å². The molecule has 0 aromatic heterocycles. The standard InChI is InChI=1S/C19H29N3O2/c1-16-6-4-8-18(14-16)24-13-9-20-19(23)22-12-5-7-17(22)15-21-10-2-3-11-21/h4,6,8,14,17H,2-3,5,7,9-13,15H2,1H3,(H,20,23). The number of hydrogen-bond donors (Lipinski definition) is 1. The Kier molecular flexibility index (Phi) is 5.96. The summed E-state index contributed by atoms with van der Waals surface area (Å²) in [5.41, 5.74) is 1.18. The molecule has 2 amide bonds. The van der Waals surface area contributed by atoms with Crippen LogP contribution in [0.5, 0.6) is 5.75 Å². The zero-order valence-electron chi connectivity index (χ0n) is 14.7. The van der Waals surface area contributed by atoms with Gasteiger partial charge in [-0.3, -0.25) is 0 Å². The highest BCUT2D eigenvalue weighted by Crippen LogP contribution is 2.20. The molecule has 2 aliphatic rings. The summed E-state index contributed by atoms with van der Waals surface area (Å²) in [5, 5.41) is 3.01. The van der Waals surface area contributed by atoms with E-state index in [4.69, 9.17) is 4.74 Å². The lowest BCUT2D eigenvalue weighted by Crippen LogP contribution is -2.47. The molecule has 0 spiro atoms. The number of hydrogen-bond acceptors (Lipinski definition) is 3. The van der Waals surface area contributed by atoms with Crippen molar-refractivity contribution in [3.05, 3.63) is 29.8 Å². The third-order valence-electron chi connectivity index (χ3n) is 4.94. The van der Waals surface area contributed by atoms with Crippen LogP contribution < -0.4 is 10.1 Å². The van der Waals surface area contributed by atoms with E-state index in [9.17, 15) is 4.79 Å². The van der Waals surface area contributed by atoms with E-state index in [2.05, 4.69) is 10.2 Å². The van der Waals surface area contributed by atoms with E-state index in [0.29, 0.717) is 19.2 Å². The topological polar surface area (TPSA) is 44.8 Å². The van der Waals surface area contributed by atoms with Gasteiger partial charge in [0.15, 0.2) is 0 Å². The molecule has 1 aromatic rings. The number of nitrogens with zero attached hydrogens (tertiary/aromatic N) is 2. The molecule has 132 valence electrons. The van der Waals surface area contributed by atoms with Crippen LogP contribution >= 0.6 is 0 Å². The number of likely N-dealkylation sites (tertiary alicyclic amines) is 2. The Morgan fingerprint density at radius 2 is 2.08 bits per heavy atom. The Labute approximate surface area is 145 Å². The zero-order chi connectivity index (χ0) is 16.8. The van der Waals surface area contributed by atoms with Crippen molar-refractivity contribution in [3.8, 4) is 5.75 Å². The molecule has 0 bridgehead atoms. The molecule has 2 fully saturated rings. The van der Waals surface area contributed by atoms with E-state index in [1.807, 2.05) is 36.1 Å². The predicted octanol–water partition coefficient (Wildman–Crippen LogP) is 2.64. The van der Waals surface area contributed by atoms with Crippen molar-refractivity contribution in [1.82, 2.24) is 15.1 Å². The number of amides is 2. The minimum absolute atomic E-state index is 0.0598. The Balaban J connectivity index is 1.39. The minimum atomic E-state index is 0.0598. The van der Waals surface area contributed by atoms with Crippen LogP contribution in [0.25, 0.3) is 0 Å². The summed E-state index contributed by atoms with van der Waals surface area (Å²) in [7, 11) is 0. The second-order valence-corrected chi connectivity index (χ2v) is 6.89. The van der Waals surface area contributed by atoms with Gasteiger partial charge in [0.25, 0.3) is 0 Å². The van der Waals surface area contributed by atoms with E-state index in [-0.39, 0.29) is 6.03 Å². The summed E-state index contributed by atoms with van der Waals surface area (Å²) < 4.78 is 5.69. The van der Waals surface area contributed by atoms with Crippen molar-refractivity contribution in [2.45, 2.75) is 38.6 Å². The Morgan fingerprint density at radius 3 is 2.88 bits per heavy atom. The van der Waals surface area contributed by atoms with Crippen molar-refractivity contribution in [2.24, 2.45) is 0 Å². The van der Waals surface area contributed by atoms with E-state index < -0.39 is 0 Å². The van der Waals surface area contributed by atoms with Gasteiger partial charge in [0.1, 0.15) is 12.4 Å². The number of rotatable bonds is 6. The molecule has 1 N–H and O–H groups in total. The van der Waals surface area contributed by atoms with Crippen molar-refractivity contribution in [3.63, 3.8) is 0 Å². The number of aryl methyl sites for hydroxylation is 1. The monoisotopic (exact) mass is 331 g/mol. The molecule has 5 heteroatoms. The van der Waals surface area contributed by atoms with Gasteiger partial charge >= 0.3 is 6.03 Å². The molecular weight excluding hydrogens is 302 g/mol. The van der Waals surface area contributed by atoms with Gasteiger partial charge in [0.05, 0.1) is 6.54 Å². The van der Waals surface area contributed by atoms with Crippen LogP contribution in [-0.4, -0.2) is 61.2 Å². The summed E-state index contributed by atoms with van der Waals surface area (Å²) in [5.74, 6) is 0.859. The lowest BCUT2D eigenvalue weighted by atomic mass is 10.2. The SMILES string of the molecule is Cc1cccc(OCCNC(=O)N2CCCC2CN2CCCC2)c1. The Morgan fingerprint density at radius 1 is 1.25 bits per heavy atom. The average molecular weight is 331 g/mol. The van der Waals surface area contributed by atoms with Crippen molar-refractivity contribution in [1.29, 1.82) is 0 Å². The molecule has 24 heavy (non-hydrogen) atoms. The van der Waals surface area contributed by atoms with Crippen LogP contribution in [0, 0.1) is 6.92 Å². The fourth-order valence-corrected chi connectivity index (χ4v) is 3.69. The van der Waals surface area contributed by atoms with Gasteiger partial charge < -0.3 is 19.9 Å². The fraction of sp³-hybridized carbons (Fsp3) is 0.632. The smallest absolute Gasteiger partial charge is 0.317 e. The van der Waals surface area contributed by atoms with Crippen LogP contribution in [-0.2, 0) is 0 Å². The summed E-state index contributed by atoms with van der Waals surface area (Å²) in [6.07, 6.45) is 4.85. The van der Waals surface area contributed by atoms with Gasteiger partial charge in [-0.15, -0.1) is 0 Å². The summed E-state index contributed by atoms with van der Waals surface area (Å²) in [6, 6.07) is 8.42. The summed E-state index contributed by atoms with van der Waals surface area (Å²) >= 11 is 0. The number of urea groups is 1. The van der Waals surface area contributed by atoms with E-state index in [1.165, 1.54) is 31.5 Å². The molecule has 2 saturated heterocycles. The number of nitrogens with one attached hydrogen (secondary N) is 1. The average Bonchev–Trinajstić information content (AvgIpc) is 3.24. The molecule has 0 saturated carbocycles. The third-order valence-corrected chi connectivity index (χ3v) is 4.94. The largest absolute Gasteiger partial charge is 0.492 e. The molecule has 1 atom stereocenters. The van der Waals surface area contributed by atoms with Gasteiger partial charge in [-0.25, -0.2) is 4.79 Å². The maximum atomic E-state index is 12.4. The maximum absolute atomic E-state index is 12.4. The van der Waals surface area contributed by atoms with Crippen molar-refractivity contribution < 1.29 is 9.53 Å². The van der Waals surface area contributed by atoms with Crippen molar-refractivity contribution in [2.75, 3.05) is 39.3 Å². The zero-order valence-corrected chi connectivity index (χ0v) is 14.7. The number of carbonyl (C=O) groups is 1. The van der Waals surface area contributed by atoms with Crippen molar-refractivity contribution >= 4 is 6.03 Å². The molecule has 3 rings (SSSR count). The van der Waals surface area contributed by atoms with Gasteiger partial charge in [0.2, 0.25) is 0 Å². The fourth-order valence-electron chi connectivity index (χ4n) is 3.69. The first kappa shape index (κ1) is 17.1. The molecular formula is C19H29N3O2. The highest BCUT2D eigenvalue weighted by molar-refractivity contribution is 5.74. The van der Waals surface area contributed by atoms with Crippen LogP contribution in [0.15, 0.2) is 24.3 Å². The van der Waals surface area contributed by atoms with E-state index in [0.717, 1.165) is 31.7 Å². The molecule has 0 aliphatic carbocycles. The maximum Gasteiger partial charge on any atom is 0.317 e. The van der Waals surface area contributed by atoms with E-state index >= 15 is 0 Å². The lowest BCUT2D eigenvalue weighted by molar-refractivity contribution is 0.173. The minimum Gasteiger partial charge on any atom is -0.492 e. The lowest BCUT2D eigenvalue weighted by Gasteiger charge is -2.28. The Bertz CT molecular complexity index is 543. The Hall–Kier alpha value is -1.75. The third kappa shape index (κ3) is 4.63. The quantitative estimate of drug-likeness (QED) is 0.815. The first-order chi connectivity index (χ1) is 11.7. The van der Waals surface area contributed by atoms with Gasteiger partial charge in [-0.1, -0.05) is 12.1 Å². The first-order valence-corrected chi connectivity index (χ1v) is 9.19. The second kappa shape index (κ2) is 8.38.